The Morgan fingerprint density at radius 1 is 1.20 bits per heavy atom. The smallest absolute Gasteiger partial charge is 0.306 e. The van der Waals surface area contributed by atoms with Crippen LogP contribution in [0.1, 0.15) is 69.4 Å². The summed E-state index contributed by atoms with van der Waals surface area (Å²) in [6, 6.07) is 6.37. The molecule has 1 aromatic heterocycles. The minimum atomic E-state index is -0.687. The van der Waals surface area contributed by atoms with Gasteiger partial charge in [0.25, 0.3) is 0 Å². The third kappa shape index (κ3) is 3.75. The molecule has 2 N–H and O–H groups in total. The van der Waals surface area contributed by atoms with Gasteiger partial charge in [0.05, 0.1) is 5.92 Å². The maximum atomic E-state index is 13.5. The number of nitrogens with one attached hydrogen (secondary N) is 1. The first kappa shape index (κ1) is 21.0. The number of aromatic amines is 1. The number of hydrogen-bond acceptors (Lipinski definition) is 2. The molecule has 4 unspecified atom stereocenters. The van der Waals surface area contributed by atoms with Gasteiger partial charge in [0.2, 0.25) is 5.91 Å². The monoisotopic (exact) mass is 410 g/mol. The van der Waals surface area contributed by atoms with Gasteiger partial charge in [-0.3, -0.25) is 9.59 Å². The van der Waals surface area contributed by atoms with E-state index in [1.54, 1.807) is 0 Å². The van der Waals surface area contributed by atoms with E-state index >= 15 is 0 Å². The van der Waals surface area contributed by atoms with E-state index in [0.29, 0.717) is 25.3 Å². The van der Waals surface area contributed by atoms with Crippen molar-refractivity contribution in [2.45, 2.75) is 71.3 Å². The molecule has 0 bridgehead atoms. The first-order valence-corrected chi connectivity index (χ1v) is 11.5. The molecule has 2 fully saturated rings. The van der Waals surface area contributed by atoms with E-state index < -0.39 is 5.97 Å². The van der Waals surface area contributed by atoms with Crippen molar-refractivity contribution >= 4 is 22.8 Å². The molecule has 4 atom stereocenters. The van der Waals surface area contributed by atoms with Gasteiger partial charge in [0.15, 0.2) is 0 Å². The highest BCUT2D eigenvalue weighted by Gasteiger charge is 2.44. The average molecular weight is 411 g/mol. The van der Waals surface area contributed by atoms with Crippen LogP contribution in [0.25, 0.3) is 10.9 Å². The van der Waals surface area contributed by atoms with E-state index in [2.05, 4.69) is 50.2 Å². The van der Waals surface area contributed by atoms with Gasteiger partial charge in [-0.1, -0.05) is 38.8 Å². The van der Waals surface area contributed by atoms with E-state index in [4.69, 9.17) is 0 Å². The van der Waals surface area contributed by atoms with Crippen LogP contribution in [0, 0.1) is 24.7 Å². The van der Waals surface area contributed by atoms with Crippen molar-refractivity contribution in [2.75, 3.05) is 6.54 Å². The molecule has 5 heteroatoms. The SMILES string of the molecule is Cc1cccc2[nH]cc(C(CC(=O)N3CCC(C(=O)O)C4CCCCC43)C(C)C)c12. The zero-order valence-corrected chi connectivity index (χ0v) is 18.4. The normalized spacial score (nSPS) is 25.3. The van der Waals surface area contributed by atoms with Crippen LogP contribution in [-0.2, 0) is 9.59 Å². The third-order valence-corrected chi connectivity index (χ3v) is 7.56. The summed E-state index contributed by atoms with van der Waals surface area (Å²) in [6.07, 6.45) is 7.19. The molecule has 30 heavy (non-hydrogen) atoms. The van der Waals surface area contributed by atoms with Crippen LogP contribution in [-0.4, -0.2) is 39.5 Å². The number of carboxylic acids is 1. The second-order valence-corrected chi connectivity index (χ2v) is 9.63. The summed E-state index contributed by atoms with van der Waals surface area (Å²) >= 11 is 0. The fourth-order valence-electron chi connectivity index (χ4n) is 5.97. The van der Waals surface area contributed by atoms with Gasteiger partial charge < -0.3 is 15.0 Å². The Kier molecular flexibility index (Phi) is 5.90. The van der Waals surface area contributed by atoms with Gasteiger partial charge in [-0.05, 0) is 61.1 Å². The second kappa shape index (κ2) is 8.44. The van der Waals surface area contributed by atoms with Gasteiger partial charge in [0.1, 0.15) is 0 Å². The Bertz CT molecular complexity index is 932. The topological polar surface area (TPSA) is 73.4 Å². The molecule has 162 valence electrons. The first-order chi connectivity index (χ1) is 14.4. The summed E-state index contributed by atoms with van der Waals surface area (Å²) in [5.74, 6) is -0.193. The molecule has 1 amide bonds. The molecule has 1 aliphatic carbocycles. The lowest BCUT2D eigenvalue weighted by Gasteiger charge is -2.47. The van der Waals surface area contributed by atoms with Crippen LogP contribution in [0.4, 0.5) is 0 Å². The zero-order chi connectivity index (χ0) is 21.4. The van der Waals surface area contributed by atoms with Crippen molar-refractivity contribution < 1.29 is 14.7 Å². The average Bonchev–Trinajstić information content (AvgIpc) is 3.15. The Morgan fingerprint density at radius 3 is 2.70 bits per heavy atom. The van der Waals surface area contributed by atoms with E-state index in [-0.39, 0.29) is 29.7 Å². The summed E-state index contributed by atoms with van der Waals surface area (Å²) in [4.78, 5) is 30.7. The minimum absolute atomic E-state index is 0.0959. The third-order valence-electron chi connectivity index (χ3n) is 7.56. The maximum Gasteiger partial charge on any atom is 0.306 e. The molecule has 0 spiro atoms. The summed E-state index contributed by atoms with van der Waals surface area (Å²) in [5.41, 5.74) is 3.58. The number of amides is 1. The predicted molar refractivity (Wildman–Crippen MR) is 118 cm³/mol. The Labute approximate surface area is 178 Å². The Morgan fingerprint density at radius 2 is 1.97 bits per heavy atom. The summed E-state index contributed by atoms with van der Waals surface area (Å²) < 4.78 is 0. The number of carbonyl (C=O) groups is 2. The van der Waals surface area contributed by atoms with Crippen molar-refractivity contribution in [2.24, 2.45) is 17.8 Å². The minimum Gasteiger partial charge on any atom is -0.481 e. The predicted octanol–water partition coefficient (Wildman–Crippen LogP) is 5.10. The molecule has 0 radical (unpaired) electrons. The van der Waals surface area contributed by atoms with Crippen molar-refractivity contribution in [3.63, 3.8) is 0 Å². The fourth-order valence-corrected chi connectivity index (χ4v) is 5.97. The van der Waals surface area contributed by atoms with Crippen molar-refractivity contribution in [3.05, 3.63) is 35.5 Å². The van der Waals surface area contributed by atoms with Gasteiger partial charge in [0, 0.05) is 36.1 Å². The van der Waals surface area contributed by atoms with Crippen LogP contribution in [0.5, 0.6) is 0 Å². The highest BCUT2D eigenvalue weighted by atomic mass is 16.4. The molecule has 1 saturated carbocycles. The van der Waals surface area contributed by atoms with Crippen molar-refractivity contribution in [1.29, 1.82) is 0 Å². The number of aliphatic carboxylic acids is 1. The molecule has 2 heterocycles. The highest BCUT2D eigenvalue weighted by Crippen LogP contribution is 2.41. The van der Waals surface area contributed by atoms with Gasteiger partial charge in [-0.2, -0.15) is 0 Å². The molecular weight excluding hydrogens is 376 g/mol. The van der Waals surface area contributed by atoms with E-state index in [1.807, 2.05) is 4.90 Å². The molecule has 1 aliphatic heterocycles. The lowest BCUT2D eigenvalue weighted by atomic mass is 9.71. The van der Waals surface area contributed by atoms with Crippen LogP contribution < -0.4 is 0 Å². The fraction of sp³-hybridized carbons (Fsp3) is 0.600. The molecular formula is C25H34N2O3. The summed E-state index contributed by atoms with van der Waals surface area (Å²) in [5, 5.41) is 10.9. The lowest BCUT2D eigenvalue weighted by molar-refractivity contribution is -0.154. The molecule has 1 saturated heterocycles. The van der Waals surface area contributed by atoms with Gasteiger partial charge in [-0.15, -0.1) is 0 Å². The molecule has 2 aliphatic rings. The van der Waals surface area contributed by atoms with Gasteiger partial charge in [-0.25, -0.2) is 0 Å². The number of likely N-dealkylation sites (tertiary alicyclic amines) is 1. The molecule has 2 aromatic rings. The lowest BCUT2D eigenvalue weighted by Crippen LogP contribution is -2.54. The second-order valence-electron chi connectivity index (χ2n) is 9.63. The molecule has 1 aromatic carbocycles. The zero-order valence-electron chi connectivity index (χ0n) is 18.4. The van der Waals surface area contributed by atoms with Crippen LogP contribution in [0.15, 0.2) is 24.4 Å². The number of benzene rings is 1. The summed E-state index contributed by atoms with van der Waals surface area (Å²) in [6.45, 7) is 7.08. The first-order valence-electron chi connectivity index (χ1n) is 11.5. The number of carboxylic acid groups (broad SMARTS) is 1. The van der Waals surface area contributed by atoms with Crippen molar-refractivity contribution in [1.82, 2.24) is 9.88 Å². The Hall–Kier alpha value is -2.30. The maximum absolute atomic E-state index is 13.5. The number of hydrogen-bond donors (Lipinski definition) is 2. The number of aromatic nitrogens is 1. The van der Waals surface area contributed by atoms with Crippen LogP contribution >= 0.6 is 0 Å². The number of nitrogens with zero attached hydrogens (tertiary/aromatic N) is 1. The standard InChI is InChI=1S/C25H34N2O3/c1-15(2)19(20-14-26-21-9-6-7-16(3)24(20)21)13-23(28)27-12-11-18(25(29)30)17-8-4-5-10-22(17)27/h6-7,9,14-15,17-19,22,26H,4-5,8,10-13H2,1-3H3,(H,29,30). The number of carbonyl (C=O) groups excluding carboxylic acids is 1. The largest absolute Gasteiger partial charge is 0.481 e. The molecule has 5 nitrogen and oxygen atoms in total. The number of piperidine rings is 1. The van der Waals surface area contributed by atoms with Crippen LogP contribution in [0.3, 0.4) is 0 Å². The number of H-pyrrole nitrogens is 1. The van der Waals surface area contributed by atoms with E-state index in [0.717, 1.165) is 31.2 Å². The van der Waals surface area contributed by atoms with Gasteiger partial charge >= 0.3 is 5.97 Å². The summed E-state index contributed by atoms with van der Waals surface area (Å²) in [7, 11) is 0. The number of aryl methyl sites for hydroxylation is 1. The quantitative estimate of drug-likeness (QED) is 0.720. The van der Waals surface area contributed by atoms with E-state index in [9.17, 15) is 14.7 Å². The number of rotatable bonds is 5. The van der Waals surface area contributed by atoms with Crippen molar-refractivity contribution in [3.8, 4) is 0 Å². The Balaban J connectivity index is 1.58. The highest BCUT2D eigenvalue weighted by molar-refractivity contribution is 5.88. The van der Waals surface area contributed by atoms with Crippen LogP contribution in [0.2, 0.25) is 0 Å². The number of fused-ring (bicyclic) bond motifs is 2. The van der Waals surface area contributed by atoms with E-state index in [1.165, 1.54) is 16.5 Å². The molecule has 4 rings (SSSR count).